The van der Waals surface area contributed by atoms with Crippen molar-refractivity contribution in [2.24, 2.45) is 5.73 Å². The van der Waals surface area contributed by atoms with Gasteiger partial charge in [-0.25, -0.2) is 15.0 Å². The minimum absolute atomic E-state index is 0.156. The third kappa shape index (κ3) is 4.29. The fourth-order valence-electron chi connectivity index (χ4n) is 1.80. The SMILES string of the molecule is Cc1cc(C)nc(Sc2ccc(CC(C)N)cn2)n1. The molecule has 5 heteroatoms. The highest BCUT2D eigenvalue weighted by Crippen LogP contribution is 2.23. The molecule has 0 spiro atoms. The molecule has 2 aromatic heterocycles. The number of hydrogen-bond acceptors (Lipinski definition) is 5. The lowest BCUT2D eigenvalue weighted by Gasteiger charge is -2.06. The first-order chi connectivity index (χ1) is 9.02. The summed E-state index contributed by atoms with van der Waals surface area (Å²) in [4.78, 5) is 13.2. The lowest BCUT2D eigenvalue weighted by atomic mass is 10.1. The first-order valence-corrected chi connectivity index (χ1v) is 7.05. The van der Waals surface area contributed by atoms with Crippen LogP contribution in [0.2, 0.25) is 0 Å². The van der Waals surface area contributed by atoms with Gasteiger partial charge in [-0.1, -0.05) is 6.07 Å². The van der Waals surface area contributed by atoms with Gasteiger partial charge in [0.15, 0.2) is 5.16 Å². The molecule has 19 heavy (non-hydrogen) atoms. The molecule has 0 aromatic carbocycles. The van der Waals surface area contributed by atoms with Crippen molar-refractivity contribution in [3.63, 3.8) is 0 Å². The molecule has 0 fully saturated rings. The van der Waals surface area contributed by atoms with E-state index in [9.17, 15) is 0 Å². The molecule has 2 rings (SSSR count). The highest BCUT2D eigenvalue weighted by Gasteiger charge is 2.05. The van der Waals surface area contributed by atoms with Crippen molar-refractivity contribution in [2.45, 2.75) is 43.4 Å². The highest BCUT2D eigenvalue weighted by molar-refractivity contribution is 7.99. The van der Waals surface area contributed by atoms with Crippen molar-refractivity contribution in [1.82, 2.24) is 15.0 Å². The van der Waals surface area contributed by atoms with E-state index in [2.05, 4.69) is 21.0 Å². The van der Waals surface area contributed by atoms with Gasteiger partial charge >= 0.3 is 0 Å². The first-order valence-electron chi connectivity index (χ1n) is 6.23. The van der Waals surface area contributed by atoms with E-state index in [1.54, 1.807) is 0 Å². The van der Waals surface area contributed by atoms with E-state index in [1.807, 2.05) is 39.1 Å². The second kappa shape index (κ2) is 6.12. The van der Waals surface area contributed by atoms with Gasteiger partial charge in [0.25, 0.3) is 0 Å². The van der Waals surface area contributed by atoms with Crippen LogP contribution >= 0.6 is 11.8 Å². The van der Waals surface area contributed by atoms with Crippen LogP contribution in [0.4, 0.5) is 0 Å². The molecule has 4 nitrogen and oxygen atoms in total. The second-order valence-electron chi connectivity index (χ2n) is 4.72. The van der Waals surface area contributed by atoms with Crippen LogP contribution in [0.15, 0.2) is 34.6 Å². The van der Waals surface area contributed by atoms with Crippen LogP contribution < -0.4 is 5.73 Å². The summed E-state index contributed by atoms with van der Waals surface area (Å²) in [7, 11) is 0. The Morgan fingerprint density at radius 3 is 2.42 bits per heavy atom. The zero-order valence-corrected chi connectivity index (χ0v) is 12.2. The highest BCUT2D eigenvalue weighted by atomic mass is 32.2. The Hall–Kier alpha value is -1.46. The molecule has 0 radical (unpaired) electrons. The summed E-state index contributed by atoms with van der Waals surface area (Å²) in [6.07, 6.45) is 2.71. The monoisotopic (exact) mass is 274 g/mol. The summed E-state index contributed by atoms with van der Waals surface area (Å²) in [6, 6.07) is 6.16. The van der Waals surface area contributed by atoms with Crippen LogP contribution in [0.3, 0.4) is 0 Å². The Kier molecular flexibility index (Phi) is 4.50. The Balaban J connectivity index is 2.10. The summed E-state index contributed by atoms with van der Waals surface area (Å²) in [5.74, 6) is 0. The smallest absolute Gasteiger partial charge is 0.194 e. The first kappa shape index (κ1) is 14.0. The number of nitrogens with zero attached hydrogens (tertiary/aromatic N) is 3. The second-order valence-corrected chi connectivity index (χ2v) is 5.71. The molecular weight excluding hydrogens is 256 g/mol. The maximum atomic E-state index is 5.77. The van der Waals surface area contributed by atoms with E-state index in [4.69, 9.17) is 5.73 Å². The summed E-state index contributed by atoms with van der Waals surface area (Å²) >= 11 is 1.48. The topological polar surface area (TPSA) is 64.7 Å². The molecule has 0 saturated carbocycles. The summed E-state index contributed by atoms with van der Waals surface area (Å²) in [6.45, 7) is 5.93. The fraction of sp³-hybridized carbons (Fsp3) is 0.357. The van der Waals surface area contributed by atoms with Crippen LogP contribution in [0.5, 0.6) is 0 Å². The van der Waals surface area contributed by atoms with Crippen molar-refractivity contribution in [2.75, 3.05) is 0 Å². The summed E-state index contributed by atoms with van der Waals surface area (Å²) in [5.41, 5.74) is 8.87. The molecule has 100 valence electrons. The summed E-state index contributed by atoms with van der Waals surface area (Å²) < 4.78 is 0. The van der Waals surface area contributed by atoms with Crippen LogP contribution in [-0.4, -0.2) is 21.0 Å². The molecule has 2 aromatic rings. The predicted molar refractivity (Wildman–Crippen MR) is 77.2 cm³/mol. The number of pyridine rings is 1. The van der Waals surface area contributed by atoms with E-state index in [0.29, 0.717) is 0 Å². The van der Waals surface area contributed by atoms with Gasteiger partial charge in [0.05, 0.1) is 0 Å². The average Bonchev–Trinajstić information content (AvgIpc) is 2.29. The molecule has 0 bridgehead atoms. The number of aryl methyl sites for hydroxylation is 2. The third-order valence-electron chi connectivity index (χ3n) is 2.51. The van der Waals surface area contributed by atoms with Gasteiger partial charge < -0.3 is 5.73 Å². The molecule has 0 amide bonds. The minimum Gasteiger partial charge on any atom is -0.328 e. The van der Waals surface area contributed by atoms with Crippen LogP contribution in [-0.2, 0) is 6.42 Å². The Bertz CT molecular complexity index is 532. The maximum absolute atomic E-state index is 5.77. The van der Waals surface area contributed by atoms with E-state index in [0.717, 1.165) is 33.6 Å². The minimum atomic E-state index is 0.156. The Labute approximate surface area is 117 Å². The lowest BCUT2D eigenvalue weighted by Crippen LogP contribution is -2.17. The molecule has 2 heterocycles. The molecule has 0 aliphatic heterocycles. The molecular formula is C14H18N4S. The van der Waals surface area contributed by atoms with Crippen molar-refractivity contribution >= 4 is 11.8 Å². The van der Waals surface area contributed by atoms with Gasteiger partial charge in [0.2, 0.25) is 0 Å². The van der Waals surface area contributed by atoms with Crippen LogP contribution in [0.25, 0.3) is 0 Å². The van der Waals surface area contributed by atoms with Crippen LogP contribution in [0.1, 0.15) is 23.9 Å². The molecule has 2 N–H and O–H groups in total. The van der Waals surface area contributed by atoms with Gasteiger partial charge in [-0.3, -0.25) is 0 Å². The number of aromatic nitrogens is 3. The van der Waals surface area contributed by atoms with Crippen molar-refractivity contribution in [3.05, 3.63) is 41.3 Å². The average molecular weight is 274 g/mol. The van der Waals surface area contributed by atoms with Crippen molar-refractivity contribution < 1.29 is 0 Å². The third-order valence-corrected chi connectivity index (χ3v) is 3.33. The van der Waals surface area contributed by atoms with Gasteiger partial charge in [0, 0.05) is 23.6 Å². The normalized spacial score (nSPS) is 12.4. The zero-order valence-electron chi connectivity index (χ0n) is 11.4. The Morgan fingerprint density at radius 1 is 1.21 bits per heavy atom. The number of rotatable bonds is 4. The Morgan fingerprint density at radius 2 is 1.89 bits per heavy atom. The van der Waals surface area contributed by atoms with Crippen molar-refractivity contribution in [1.29, 1.82) is 0 Å². The van der Waals surface area contributed by atoms with Gasteiger partial charge in [-0.2, -0.15) is 0 Å². The molecule has 1 unspecified atom stereocenters. The predicted octanol–water partition coefficient (Wildman–Crippen LogP) is 2.53. The van der Waals surface area contributed by atoms with E-state index < -0.39 is 0 Å². The van der Waals surface area contributed by atoms with Gasteiger partial charge in [-0.05, 0) is 56.7 Å². The van der Waals surface area contributed by atoms with Gasteiger partial charge in [0.1, 0.15) is 5.03 Å². The van der Waals surface area contributed by atoms with E-state index in [-0.39, 0.29) is 6.04 Å². The largest absolute Gasteiger partial charge is 0.328 e. The quantitative estimate of drug-likeness (QED) is 0.868. The van der Waals surface area contributed by atoms with Crippen LogP contribution in [0, 0.1) is 13.8 Å². The molecule has 0 aliphatic rings. The standard InChI is InChI=1S/C14H18N4S/c1-9(15)6-12-4-5-13(16-8-12)19-14-17-10(2)7-11(3)18-14/h4-5,7-9H,6,15H2,1-3H3. The van der Waals surface area contributed by atoms with E-state index >= 15 is 0 Å². The molecule has 0 saturated heterocycles. The maximum Gasteiger partial charge on any atom is 0.194 e. The number of hydrogen-bond donors (Lipinski definition) is 1. The molecule has 0 aliphatic carbocycles. The fourth-order valence-corrected chi connectivity index (χ4v) is 2.60. The van der Waals surface area contributed by atoms with Gasteiger partial charge in [-0.15, -0.1) is 0 Å². The zero-order chi connectivity index (χ0) is 13.8. The lowest BCUT2D eigenvalue weighted by molar-refractivity contribution is 0.734. The van der Waals surface area contributed by atoms with E-state index in [1.165, 1.54) is 11.8 Å². The summed E-state index contributed by atoms with van der Waals surface area (Å²) in [5, 5.41) is 1.64. The number of nitrogens with two attached hydrogens (primary N) is 1. The molecule has 1 atom stereocenters. The van der Waals surface area contributed by atoms with Crippen molar-refractivity contribution in [3.8, 4) is 0 Å².